The van der Waals surface area contributed by atoms with Crippen molar-refractivity contribution in [2.45, 2.75) is 54.0 Å². The number of fused-ring (bicyclic) bond motifs is 1. The van der Waals surface area contributed by atoms with Crippen LogP contribution in [0.1, 0.15) is 37.3 Å². The first-order valence-corrected chi connectivity index (χ1v) is 12.8. The van der Waals surface area contributed by atoms with Gasteiger partial charge in [0.2, 0.25) is 21.8 Å². The maximum atomic E-state index is 14.0. The zero-order valence-corrected chi connectivity index (χ0v) is 19.9. The largest absolute Gasteiger partial charge is 0.353 e. The molecule has 10 radical (unpaired) electrons. The Hall–Kier alpha value is -1.82. The van der Waals surface area contributed by atoms with Crippen molar-refractivity contribution in [2.24, 2.45) is 0 Å². The Kier molecular flexibility index (Phi) is 6.48. The molecule has 0 unspecified atom stereocenters. The molecule has 174 valence electrons. The minimum atomic E-state index is -3.84. The van der Waals surface area contributed by atoms with Gasteiger partial charge in [-0.05, 0) is 18.9 Å². The van der Waals surface area contributed by atoms with E-state index in [-0.39, 0.29) is 36.1 Å². The number of hydrogen-bond acceptors (Lipinski definition) is 6. The van der Waals surface area contributed by atoms with E-state index in [2.05, 4.69) is 15.3 Å². The number of halogens is 2. The van der Waals surface area contributed by atoms with Gasteiger partial charge in [-0.25, -0.2) is 26.5 Å². The van der Waals surface area contributed by atoms with Crippen LogP contribution in [-0.4, -0.2) is 91.9 Å². The summed E-state index contributed by atoms with van der Waals surface area (Å²) in [5, 5.41) is -0.382. The molecule has 1 N–H and O–H groups in total. The summed E-state index contributed by atoms with van der Waals surface area (Å²) >= 11 is 0. The van der Waals surface area contributed by atoms with E-state index in [1.807, 2.05) is 0 Å². The van der Waals surface area contributed by atoms with Crippen molar-refractivity contribution in [3.05, 3.63) is 28.2 Å². The van der Waals surface area contributed by atoms with Gasteiger partial charge in [0, 0.05) is 36.8 Å². The lowest BCUT2D eigenvalue weighted by molar-refractivity contribution is 0.0919. The fraction of sp³-hybridized carbons (Fsp3) is 0.632. The van der Waals surface area contributed by atoms with Crippen LogP contribution in [0.5, 0.6) is 0 Å². The molecule has 16 heteroatoms. The van der Waals surface area contributed by atoms with Gasteiger partial charge in [0.15, 0.2) is 7.85 Å². The minimum absolute atomic E-state index is 0.0609. The molecule has 35 heavy (non-hydrogen) atoms. The van der Waals surface area contributed by atoms with Gasteiger partial charge in [0.1, 0.15) is 5.65 Å². The highest BCUT2D eigenvalue weighted by Gasteiger charge is 2.47. The van der Waals surface area contributed by atoms with Gasteiger partial charge in [-0.3, -0.25) is 9.36 Å². The van der Waals surface area contributed by atoms with Crippen molar-refractivity contribution in [3.8, 4) is 0 Å². The highest BCUT2D eigenvalue weighted by molar-refractivity contribution is 7.88. The first-order valence-electron chi connectivity index (χ1n) is 11.0. The van der Waals surface area contributed by atoms with Crippen LogP contribution in [-0.2, 0) is 15.8 Å². The molecule has 0 atom stereocenters. The second-order valence-corrected chi connectivity index (χ2v) is 11.6. The highest BCUT2D eigenvalue weighted by atomic mass is 32.2. The number of pyridine rings is 1. The molecule has 2 aliphatic rings. The van der Waals surface area contributed by atoms with Gasteiger partial charge in [-0.1, -0.05) is 23.3 Å². The van der Waals surface area contributed by atoms with E-state index < -0.39 is 43.4 Å². The molecule has 1 aliphatic heterocycles. The zero-order valence-electron chi connectivity index (χ0n) is 19.1. The minimum Gasteiger partial charge on any atom is -0.353 e. The third-order valence-corrected chi connectivity index (χ3v) is 7.74. The SMILES string of the molecule is [B]C(F)(F)c1cc2cnc(NC3C([B])([B])CN(S(C)(=O)=O)CC3([B])[B])nc2n(C2CCCC2)c1=O. The Bertz CT molecular complexity index is 1290. The fourth-order valence-electron chi connectivity index (χ4n) is 4.91. The summed E-state index contributed by atoms with van der Waals surface area (Å²) in [4.78, 5) is 21.6. The summed E-state index contributed by atoms with van der Waals surface area (Å²) in [6.45, 7) is -0.566. The monoisotopic (exact) mass is 491 g/mol. The van der Waals surface area contributed by atoms with Crippen LogP contribution in [0.15, 0.2) is 17.1 Å². The normalized spacial score (nSPS) is 21.9. The molecule has 0 aromatic carbocycles. The molecule has 2 aromatic heterocycles. The molecule has 1 saturated heterocycles. The standard InChI is InChI=1S/C19H20B5F2N5O3S/c1-35(33,34)30-8-17(20,21)15(18(22,23)9-30)29-16-27-7-10-6-12(19(24,25)26)14(32)31(13(10)28-16)11-4-2-3-5-11/h6-7,11,15H,2-5,8-9H2,1H3,(H,27,28,29). The van der Waals surface area contributed by atoms with Crippen LogP contribution in [0.3, 0.4) is 0 Å². The summed E-state index contributed by atoms with van der Waals surface area (Å²) in [7, 11) is 26.1. The van der Waals surface area contributed by atoms with E-state index in [9.17, 15) is 22.0 Å². The number of hydrogen-bond donors (Lipinski definition) is 1. The van der Waals surface area contributed by atoms with Crippen LogP contribution >= 0.6 is 0 Å². The predicted molar refractivity (Wildman–Crippen MR) is 133 cm³/mol. The number of aromatic nitrogens is 3. The molecule has 8 nitrogen and oxygen atoms in total. The zero-order chi connectivity index (χ0) is 26.0. The quantitative estimate of drug-likeness (QED) is 0.597. The van der Waals surface area contributed by atoms with Gasteiger partial charge < -0.3 is 5.32 Å². The van der Waals surface area contributed by atoms with Crippen LogP contribution in [0.2, 0.25) is 10.4 Å². The number of alkyl halides is 2. The van der Waals surface area contributed by atoms with Crippen molar-refractivity contribution in [1.29, 1.82) is 0 Å². The summed E-state index contributed by atoms with van der Waals surface area (Å²) in [6.07, 6.45) is 5.16. The molecular weight excluding hydrogens is 470 g/mol. The fourth-order valence-corrected chi connectivity index (χ4v) is 5.83. The molecule has 1 saturated carbocycles. The van der Waals surface area contributed by atoms with Crippen LogP contribution in [0.25, 0.3) is 11.0 Å². The van der Waals surface area contributed by atoms with Gasteiger partial charge >= 0.3 is 0 Å². The number of nitrogens with zero attached hydrogens (tertiary/aromatic N) is 4. The Labute approximate surface area is 209 Å². The average molecular weight is 491 g/mol. The second kappa shape index (κ2) is 8.64. The Morgan fingerprint density at radius 3 is 2.23 bits per heavy atom. The van der Waals surface area contributed by atoms with E-state index in [4.69, 9.17) is 39.2 Å². The van der Waals surface area contributed by atoms with Crippen molar-refractivity contribution >= 4 is 66.2 Å². The summed E-state index contributed by atoms with van der Waals surface area (Å²) in [6, 6.07) is -0.451. The lowest BCUT2D eigenvalue weighted by Gasteiger charge is -2.54. The summed E-state index contributed by atoms with van der Waals surface area (Å²) in [5.41, 5.74) is -1.65. The van der Waals surface area contributed by atoms with E-state index in [0.717, 1.165) is 29.5 Å². The van der Waals surface area contributed by atoms with E-state index in [1.165, 1.54) is 10.8 Å². The van der Waals surface area contributed by atoms with E-state index in [1.54, 1.807) is 0 Å². The van der Waals surface area contributed by atoms with Crippen LogP contribution < -0.4 is 10.9 Å². The number of sulfonamides is 1. The highest BCUT2D eigenvalue weighted by Crippen LogP contribution is 2.44. The van der Waals surface area contributed by atoms with Gasteiger partial charge in [0.05, 0.1) is 43.2 Å². The lowest BCUT2D eigenvalue weighted by atomic mass is 9.36. The topological polar surface area (TPSA) is 97.2 Å². The number of piperidine rings is 1. The summed E-state index contributed by atoms with van der Waals surface area (Å²) in [5.74, 6) is -3.90. The maximum absolute atomic E-state index is 14.0. The third kappa shape index (κ3) is 5.05. The smallest absolute Gasteiger partial charge is 0.260 e. The molecule has 0 amide bonds. The molecule has 0 spiro atoms. The van der Waals surface area contributed by atoms with E-state index in [0.29, 0.717) is 12.8 Å². The van der Waals surface area contributed by atoms with Crippen LogP contribution in [0.4, 0.5) is 14.7 Å². The van der Waals surface area contributed by atoms with E-state index >= 15 is 0 Å². The number of anilines is 1. The molecule has 4 rings (SSSR count). The van der Waals surface area contributed by atoms with Crippen molar-refractivity contribution in [2.75, 3.05) is 24.7 Å². The Balaban J connectivity index is 1.79. The van der Waals surface area contributed by atoms with Crippen molar-refractivity contribution < 1.29 is 17.2 Å². The second-order valence-electron chi connectivity index (χ2n) is 9.60. The Morgan fingerprint density at radius 1 is 1.14 bits per heavy atom. The van der Waals surface area contributed by atoms with Crippen molar-refractivity contribution in [1.82, 2.24) is 18.8 Å². The van der Waals surface area contributed by atoms with Crippen LogP contribution in [0, 0.1) is 0 Å². The molecule has 0 bridgehead atoms. The first kappa shape index (κ1) is 26.3. The Morgan fingerprint density at radius 2 is 1.71 bits per heavy atom. The van der Waals surface area contributed by atoms with Gasteiger partial charge in [-0.15, -0.1) is 0 Å². The lowest BCUT2D eigenvalue weighted by Crippen LogP contribution is -2.60. The average Bonchev–Trinajstić information content (AvgIpc) is 3.22. The molecule has 1 aliphatic carbocycles. The van der Waals surface area contributed by atoms with Gasteiger partial charge in [0.25, 0.3) is 5.56 Å². The maximum Gasteiger partial charge on any atom is 0.260 e. The summed E-state index contributed by atoms with van der Waals surface area (Å²) < 4.78 is 54.3. The van der Waals surface area contributed by atoms with Crippen molar-refractivity contribution in [3.63, 3.8) is 0 Å². The first-order chi connectivity index (χ1) is 16.0. The number of rotatable bonds is 5. The third-order valence-electron chi connectivity index (χ3n) is 6.54. The molecule has 3 heterocycles. The molecule has 2 aromatic rings. The predicted octanol–water partition coefficient (Wildman–Crippen LogP) is 0.0865. The number of nitrogens with one attached hydrogen (secondary N) is 1. The molecular formula is C19H20B5F2N5O3S. The van der Waals surface area contributed by atoms with Gasteiger partial charge in [-0.2, -0.15) is 4.98 Å². The molecule has 2 fully saturated rings.